The quantitative estimate of drug-likeness (QED) is 0.552. The fourth-order valence-corrected chi connectivity index (χ4v) is 3.05. The summed E-state index contributed by atoms with van der Waals surface area (Å²) in [6, 6.07) is 5.63. The molecule has 2 aromatic rings. The number of thiophene rings is 1. The Morgan fingerprint density at radius 1 is 1.17 bits per heavy atom. The third-order valence-corrected chi connectivity index (χ3v) is 4.63. The Balaban J connectivity index is 1.99. The largest absolute Gasteiger partial charge is 0.502 e. The predicted octanol–water partition coefficient (Wildman–Crippen LogP) is 2.64. The standard InChI is InChI=1S/C17H23N3O3S/c1-11-5-6-24-15(11)10-20-17(18-2)19-9-12-7-13(22-3)16(21)14(8-12)23-4/h5-8,21H,9-10H2,1-4H3,(H2,18,19,20). The Hall–Kier alpha value is -2.41. The first kappa shape index (κ1) is 17.9. The second kappa shape index (κ2) is 8.44. The number of aliphatic imine (C=N–C) groups is 1. The first-order valence-corrected chi connectivity index (χ1v) is 8.38. The second-order valence-electron chi connectivity index (χ2n) is 5.16. The van der Waals surface area contributed by atoms with E-state index in [0.717, 1.165) is 12.1 Å². The molecule has 0 aliphatic carbocycles. The van der Waals surface area contributed by atoms with Gasteiger partial charge in [-0.2, -0.15) is 0 Å². The van der Waals surface area contributed by atoms with Crippen molar-refractivity contribution in [2.45, 2.75) is 20.0 Å². The van der Waals surface area contributed by atoms with Gasteiger partial charge >= 0.3 is 0 Å². The molecule has 6 nitrogen and oxygen atoms in total. The smallest absolute Gasteiger partial charge is 0.200 e. The average molecular weight is 349 g/mol. The third kappa shape index (κ3) is 4.32. The summed E-state index contributed by atoms with van der Waals surface area (Å²) in [5.41, 5.74) is 2.19. The number of benzene rings is 1. The van der Waals surface area contributed by atoms with E-state index in [4.69, 9.17) is 9.47 Å². The van der Waals surface area contributed by atoms with Crippen molar-refractivity contribution >= 4 is 17.3 Å². The first-order valence-electron chi connectivity index (χ1n) is 7.50. The van der Waals surface area contributed by atoms with Crippen LogP contribution in [0.1, 0.15) is 16.0 Å². The molecule has 0 atom stereocenters. The van der Waals surface area contributed by atoms with Crippen LogP contribution in [-0.4, -0.2) is 32.3 Å². The van der Waals surface area contributed by atoms with Gasteiger partial charge in [-0.1, -0.05) is 0 Å². The molecule has 130 valence electrons. The SMILES string of the molecule is CN=C(NCc1cc(OC)c(O)c(OC)c1)NCc1sccc1C. The molecule has 0 saturated carbocycles. The zero-order chi connectivity index (χ0) is 17.5. The Kier molecular flexibility index (Phi) is 6.31. The van der Waals surface area contributed by atoms with Crippen molar-refractivity contribution in [1.82, 2.24) is 10.6 Å². The minimum Gasteiger partial charge on any atom is -0.502 e. The predicted molar refractivity (Wildman–Crippen MR) is 97.3 cm³/mol. The van der Waals surface area contributed by atoms with Crippen LogP contribution in [0, 0.1) is 6.92 Å². The number of aryl methyl sites for hydroxylation is 1. The molecular formula is C17H23N3O3S. The summed E-state index contributed by atoms with van der Waals surface area (Å²) < 4.78 is 10.3. The van der Waals surface area contributed by atoms with Crippen molar-refractivity contribution < 1.29 is 14.6 Å². The molecule has 1 heterocycles. The highest BCUT2D eigenvalue weighted by Gasteiger charge is 2.11. The van der Waals surface area contributed by atoms with E-state index in [-0.39, 0.29) is 5.75 Å². The minimum absolute atomic E-state index is 0.000530. The van der Waals surface area contributed by atoms with Crippen LogP contribution in [0.4, 0.5) is 0 Å². The maximum atomic E-state index is 9.95. The van der Waals surface area contributed by atoms with E-state index in [1.807, 2.05) is 0 Å². The first-order chi connectivity index (χ1) is 11.6. The Morgan fingerprint density at radius 2 is 1.79 bits per heavy atom. The highest BCUT2D eigenvalue weighted by molar-refractivity contribution is 7.10. The van der Waals surface area contributed by atoms with Crippen LogP contribution in [-0.2, 0) is 13.1 Å². The van der Waals surface area contributed by atoms with Gasteiger partial charge in [0.2, 0.25) is 5.75 Å². The van der Waals surface area contributed by atoms with Crippen LogP contribution in [0.2, 0.25) is 0 Å². The summed E-state index contributed by atoms with van der Waals surface area (Å²) in [7, 11) is 4.75. The van der Waals surface area contributed by atoms with Gasteiger partial charge in [0.15, 0.2) is 17.5 Å². The molecule has 24 heavy (non-hydrogen) atoms. The highest BCUT2D eigenvalue weighted by Crippen LogP contribution is 2.36. The zero-order valence-electron chi connectivity index (χ0n) is 14.3. The number of guanidine groups is 1. The van der Waals surface area contributed by atoms with Crippen molar-refractivity contribution in [1.29, 1.82) is 0 Å². The molecule has 0 unspecified atom stereocenters. The monoisotopic (exact) mass is 349 g/mol. The molecule has 0 fully saturated rings. The third-order valence-electron chi connectivity index (χ3n) is 3.61. The van der Waals surface area contributed by atoms with Crippen LogP contribution >= 0.6 is 11.3 Å². The van der Waals surface area contributed by atoms with Crippen LogP contribution < -0.4 is 20.1 Å². The number of hydrogen-bond donors (Lipinski definition) is 3. The fourth-order valence-electron chi connectivity index (χ4n) is 2.21. The van der Waals surface area contributed by atoms with Crippen LogP contribution in [0.25, 0.3) is 0 Å². The summed E-state index contributed by atoms with van der Waals surface area (Å²) in [6.07, 6.45) is 0. The van der Waals surface area contributed by atoms with Gasteiger partial charge in [0.05, 0.1) is 20.8 Å². The van der Waals surface area contributed by atoms with Crippen molar-refractivity contribution in [3.05, 3.63) is 39.6 Å². The van der Waals surface area contributed by atoms with Crippen LogP contribution in [0.3, 0.4) is 0 Å². The number of phenolic OH excluding ortho intramolecular Hbond substituents is 1. The molecule has 0 bridgehead atoms. The summed E-state index contributed by atoms with van der Waals surface area (Å²) in [4.78, 5) is 5.51. The zero-order valence-corrected chi connectivity index (χ0v) is 15.2. The molecule has 0 spiro atoms. The Bertz CT molecular complexity index is 688. The van der Waals surface area contributed by atoms with Gasteiger partial charge in [-0.25, -0.2) is 0 Å². The van der Waals surface area contributed by atoms with Crippen LogP contribution in [0.15, 0.2) is 28.6 Å². The van der Waals surface area contributed by atoms with E-state index in [2.05, 4.69) is 34.0 Å². The van der Waals surface area contributed by atoms with E-state index in [1.54, 1.807) is 30.5 Å². The molecule has 1 aromatic carbocycles. The van der Waals surface area contributed by atoms with E-state index in [9.17, 15) is 5.11 Å². The van der Waals surface area contributed by atoms with E-state index in [1.165, 1.54) is 24.7 Å². The van der Waals surface area contributed by atoms with E-state index >= 15 is 0 Å². The topological polar surface area (TPSA) is 75.1 Å². The molecule has 0 aliphatic rings. The minimum atomic E-state index is -0.000530. The summed E-state index contributed by atoms with van der Waals surface area (Å²) in [5.74, 6) is 1.46. The van der Waals surface area contributed by atoms with Crippen LogP contribution in [0.5, 0.6) is 17.2 Å². The van der Waals surface area contributed by atoms with Gasteiger partial charge in [0, 0.05) is 18.5 Å². The van der Waals surface area contributed by atoms with E-state index in [0.29, 0.717) is 24.0 Å². The lowest BCUT2D eigenvalue weighted by molar-refractivity contribution is 0.339. The molecule has 3 N–H and O–H groups in total. The summed E-state index contributed by atoms with van der Waals surface area (Å²) in [5, 5.41) is 18.6. The van der Waals surface area contributed by atoms with Gasteiger partial charge in [0.1, 0.15) is 0 Å². The molecule has 1 aromatic heterocycles. The molecule has 0 saturated heterocycles. The molecule has 0 radical (unpaired) electrons. The normalized spacial score (nSPS) is 11.2. The van der Waals surface area contributed by atoms with Gasteiger partial charge in [-0.3, -0.25) is 4.99 Å². The number of methoxy groups -OCH3 is 2. The molecule has 0 amide bonds. The lowest BCUT2D eigenvalue weighted by atomic mass is 10.2. The Labute approximate surface area is 146 Å². The maximum Gasteiger partial charge on any atom is 0.200 e. The molecular weight excluding hydrogens is 326 g/mol. The number of ether oxygens (including phenoxy) is 2. The number of phenols is 1. The Morgan fingerprint density at radius 3 is 2.29 bits per heavy atom. The lowest BCUT2D eigenvalue weighted by Crippen LogP contribution is -2.36. The number of nitrogens with one attached hydrogen (secondary N) is 2. The number of aromatic hydroxyl groups is 1. The lowest BCUT2D eigenvalue weighted by Gasteiger charge is -2.14. The van der Waals surface area contributed by atoms with Gasteiger partial charge in [-0.15, -0.1) is 11.3 Å². The fraction of sp³-hybridized carbons (Fsp3) is 0.353. The van der Waals surface area contributed by atoms with Crippen molar-refractivity contribution in [2.75, 3.05) is 21.3 Å². The van der Waals surface area contributed by atoms with Crippen molar-refractivity contribution in [3.8, 4) is 17.2 Å². The van der Waals surface area contributed by atoms with Gasteiger partial charge in [0.25, 0.3) is 0 Å². The second-order valence-corrected chi connectivity index (χ2v) is 6.16. The van der Waals surface area contributed by atoms with Gasteiger partial charge < -0.3 is 25.2 Å². The summed E-state index contributed by atoms with van der Waals surface area (Å²) in [6.45, 7) is 3.35. The highest BCUT2D eigenvalue weighted by atomic mass is 32.1. The molecule has 2 rings (SSSR count). The number of hydrogen-bond acceptors (Lipinski definition) is 5. The summed E-state index contributed by atoms with van der Waals surface area (Å²) >= 11 is 1.72. The molecule has 7 heteroatoms. The van der Waals surface area contributed by atoms with Crippen molar-refractivity contribution in [3.63, 3.8) is 0 Å². The number of rotatable bonds is 6. The van der Waals surface area contributed by atoms with E-state index < -0.39 is 0 Å². The van der Waals surface area contributed by atoms with Gasteiger partial charge in [-0.05, 0) is 41.6 Å². The number of nitrogens with zero attached hydrogens (tertiary/aromatic N) is 1. The average Bonchev–Trinajstić information content (AvgIpc) is 3.01. The van der Waals surface area contributed by atoms with Crippen molar-refractivity contribution in [2.24, 2.45) is 4.99 Å². The molecule has 0 aliphatic heterocycles. The maximum absolute atomic E-state index is 9.95.